The summed E-state index contributed by atoms with van der Waals surface area (Å²) in [5.74, 6) is -0.208. The van der Waals surface area contributed by atoms with Gasteiger partial charge >= 0.3 is 0 Å². The summed E-state index contributed by atoms with van der Waals surface area (Å²) in [6.07, 6.45) is 0. The molecule has 0 spiro atoms. The molecule has 0 saturated heterocycles. The zero-order valence-electron chi connectivity index (χ0n) is 8.20. The number of nitrogens with zero attached hydrogens (tertiary/aromatic N) is 2. The van der Waals surface area contributed by atoms with Crippen molar-refractivity contribution in [3.05, 3.63) is 40.7 Å². The molecule has 5 heteroatoms. The molecule has 0 aliphatic carbocycles. The predicted molar refractivity (Wildman–Crippen MR) is 58.4 cm³/mol. The summed E-state index contributed by atoms with van der Waals surface area (Å²) in [6, 6.07) is 5.27. The van der Waals surface area contributed by atoms with E-state index in [4.69, 9.17) is 0 Å². The third kappa shape index (κ3) is 2.30. The van der Waals surface area contributed by atoms with Crippen LogP contribution < -0.4 is 5.32 Å². The van der Waals surface area contributed by atoms with Gasteiger partial charge in [-0.1, -0.05) is 16.6 Å². The van der Waals surface area contributed by atoms with Crippen molar-refractivity contribution in [2.75, 3.05) is 5.32 Å². The average molecular weight is 223 g/mol. The summed E-state index contributed by atoms with van der Waals surface area (Å²) in [7, 11) is 0. The van der Waals surface area contributed by atoms with Gasteiger partial charge in [0.25, 0.3) is 0 Å². The minimum Gasteiger partial charge on any atom is -0.377 e. The van der Waals surface area contributed by atoms with Gasteiger partial charge in [-0.15, -0.1) is 5.10 Å². The molecule has 15 heavy (non-hydrogen) atoms. The molecule has 0 unspecified atom stereocenters. The van der Waals surface area contributed by atoms with Gasteiger partial charge in [-0.2, -0.15) is 0 Å². The molecule has 78 valence electrons. The van der Waals surface area contributed by atoms with Crippen LogP contribution in [0.1, 0.15) is 11.3 Å². The molecule has 1 heterocycles. The van der Waals surface area contributed by atoms with Crippen molar-refractivity contribution in [2.24, 2.45) is 0 Å². The van der Waals surface area contributed by atoms with Gasteiger partial charge in [0.15, 0.2) is 0 Å². The topological polar surface area (TPSA) is 37.8 Å². The number of aryl methyl sites for hydroxylation is 1. The number of anilines is 1. The van der Waals surface area contributed by atoms with Crippen LogP contribution in [0.3, 0.4) is 0 Å². The number of hydrogen-bond donors (Lipinski definition) is 1. The molecule has 1 N–H and O–H groups in total. The number of rotatable bonds is 3. The summed E-state index contributed by atoms with van der Waals surface area (Å²) in [5.41, 5.74) is 1.96. The van der Waals surface area contributed by atoms with Gasteiger partial charge in [0.05, 0.1) is 17.9 Å². The molecule has 3 nitrogen and oxygen atoms in total. The lowest BCUT2D eigenvalue weighted by atomic mass is 10.2. The van der Waals surface area contributed by atoms with E-state index in [1.54, 1.807) is 19.1 Å². The Balaban J connectivity index is 2.08. The fraction of sp³-hybridized carbons (Fsp3) is 0.200. The second-order valence-corrected chi connectivity index (χ2v) is 3.80. The first-order valence-electron chi connectivity index (χ1n) is 4.52. The minimum absolute atomic E-state index is 0.208. The number of nitrogens with one attached hydrogen (secondary N) is 1. The summed E-state index contributed by atoms with van der Waals surface area (Å²) in [5, 5.41) is 8.69. The van der Waals surface area contributed by atoms with Crippen molar-refractivity contribution in [3.8, 4) is 0 Å². The molecule has 1 aromatic heterocycles. The Morgan fingerprint density at radius 2 is 2.33 bits per heavy atom. The Bertz CT molecular complexity index is 442. The van der Waals surface area contributed by atoms with E-state index in [1.165, 1.54) is 11.5 Å². The fourth-order valence-corrected chi connectivity index (χ4v) is 1.68. The first-order chi connectivity index (χ1) is 7.27. The van der Waals surface area contributed by atoms with Gasteiger partial charge in [0.2, 0.25) is 0 Å². The maximum atomic E-state index is 13.5. The van der Waals surface area contributed by atoms with Crippen molar-refractivity contribution in [3.63, 3.8) is 0 Å². The summed E-state index contributed by atoms with van der Waals surface area (Å²) in [6.45, 7) is 2.24. The predicted octanol–water partition coefficient (Wildman–Crippen LogP) is 2.60. The molecule has 0 aliphatic heterocycles. The van der Waals surface area contributed by atoms with E-state index in [9.17, 15) is 4.39 Å². The van der Waals surface area contributed by atoms with Crippen LogP contribution in [0.25, 0.3) is 0 Å². The minimum atomic E-state index is -0.208. The molecule has 0 aliphatic rings. The maximum Gasteiger partial charge on any atom is 0.149 e. The highest BCUT2D eigenvalue weighted by molar-refractivity contribution is 7.03. The van der Waals surface area contributed by atoms with E-state index in [1.807, 2.05) is 11.4 Å². The molecular formula is C10H10FN3S. The van der Waals surface area contributed by atoms with Crippen LogP contribution in [0.2, 0.25) is 0 Å². The van der Waals surface area contributed by atoms with Crippen molar-refractivity contribution < 1.29 is 4.39 Å². The van der Waals surface area contributed by atoms with E-state index < -0.39 is 0 Å². The highest BCUT2D eigenvalue weighted by Crippen LogP contribution is 2.17. The van der Waals surface area contributed by atoms with Gasteiger partial charge in [0.1, 0.15) is 5.82 Å². The van der Waals surface area contributed by atoms with E-state index in [-0.39, 0.29) is 5.82 Å². The SMILES string of the molecule is Cc1cccc(NCc2csnn2)c1F. The lowest BCUT2D eigenvalue weighted by molar-refractivity contribution is 0.621. The van der Waals surface area contributed by atoms with Crippen LogP contribution in [0.15, 0.2) is 23.6 Å². The number of halogens is 1. The smallest absolute Gasteiger partial charge is 0.149 e. The standard InChI is InChI=1S/C10H10FN3S/c1-7-3-2-4-9(10(7)11)12-5-8-6-15-14-13-8/h2-4,6,12H,5H2,1H3. The molecule has 2 rings (SSSR count). The van der Waals surface area contributed by atoms with Gasteiger partial charge in [-0.05, 0) is 30.1 Å². The highest BCUT2D eigenvalue weighted by atomic mass is 32.1. The highest BCUT2D eigenvalue weighted by Gasteiger charge is 2.04. The molecule has 1 aromatic carbocycles. The fourth-order valence-electron chi connectivity index (χ4n) is 1.23. The monoisotopic (exact) mass is 223 g/mol. The largest absolute Gasteiger partial charge is 0.377 e. The zero-order valence-corrected chi connectivity index (χ0v) is 9.01. The number of benzene rings is 1. The quantitative estimate of drug-likeness (QED) is 0.869. The van der Waals surface area contributed by atoms with Gasteiger partial charge in [-0.25, -0.2) is 4.39 Å². The Labute approximate surface area is 91.1 Å². The Morgan fingerprint density at radius 1 is 1.47 bits per heavy atom. The summed E-state index contributed by atoms with van der Waals surface area (Å²) < 4.78 is 17.3. The second-order valence-electron chi connectivity index (χ2n) is 3.19. The van der Waals surface area contributed by atoms with Crippen LogP contribution >= 0.6 is 11.5 Å². The lowest BCUT2D eigenvalue weighted by Gasteiger charge is -2.06. The van der Waals surface area contributed by atoms with Crippen LogP contribution in [-0.2, 0) is 6.54 Å². The van der Waals surface area contributed by atoms with Crippen LogP contribution in [-0.4, -0.2) is 9.59 Å². The molecular weight excluding hydrogens is 213 g/mol. The Hall–Kier alpha value is -1.49. The molecule has 0 radical (unpaired) electrons. The van der Waals surface area contributed by atoms with Crippen LogP contribution in [0.5, 0.6) is 0 Å². The third-order valence-corrected chi connectivity index (χ3v) is 2.61. The van der Waals surface area contributed by atoms with E-state index in [0.29, 0.717) is 17.8 Å². The average Bonchev–Trinajstić information content (AvgIpc) is 2.73. The molecule has 0 fully saturated rings. The maximum absolute atomic E-state index is 13.5. The van der Waals surface area contributed by atoms with Crippen LogP contribution in [0, 0.1) is 12.7 Å². The second kappa shape index (κ2) is 4.35. The molecule has 0 amide bonds. The first-order valence-corrected chi connectivity index (χ1v) is 5.36. The van der Waals surface area contributed by atoms with Crippen molar-refractivity contribution >= 4 is 17.2 Å². The molecule has 2 aromatic rings. The van der Waals surface area contributed by atoms with E-state index in [0.717, 1.165) is 5.69 Å². The first kappa shape index (κ1) is 10.0. The number of hydrogen-bond acceptors (Lipinski definition) is 4. The van der Waals surface area contributed by atoms with Crippen molar-refractivity contribution in [2.45, 2.75) is 13.5 Å². The van der Waals surface area contributed by atoms with Crippen molar-refractivity contribution in [1.29, 1.82) is 0 Å². The lowest BCUT2D eigenvalue weighted by Crippen LogP contribution is -2.02. The molecule has 0 saturated carbocycles. The van der Waals surface area contributed by atoms with Crippen LogP contribution in [0.4, 0.5) is 10.1 Å². The normalized spacial score (nSPS) is 10.3. The number of aromatic nitrogens is 2. The third-order valence-electron chi connectivity index (χ3n) is 2.06. The van der Waals surface area contributed by atoms with Crippen molar-refractivity contribution in [1.82, 2.24) is 9.59 Å². The molecule has 0 atom stereocenters. The van der Waals surface area contributed by atoms with Gasteiger partial charge < -0.3 is 5.32 Å². The van der Waals surface area contributed by atoms with Gasteiger partial charge in [-0.3, -0.25) is 0 Å². The Kier molecular flexibility index (Phi) is 2.91. The van der Waals surface area contributed by atoms with E-state index >= 15 is 0 Å². The Morgan fingerprint density at radius 3 is 3.07 bits per heavy atom. The van der Waals surface area contributed by atoms with E-state index in [2.05, 4.69) is 14.9 Å². The summed E-state index contributed by atoms with van der Waals surface area (Å²) in [4.78, 5) is 0. The van der Waals surface area contributed by atoms with Gasteiger partial charge in [0, 0.05) is 5.38 Å². The zero-order chi connectivity index (χ0) is 10.7. The molecule has 0 bridgehead atoms. The summed E-state index contributed by atoms with van der Waals surface area (Å²) >= 11 is 1.29.